The third-order valence-corrected chi connectivity index (χ3v) is 16.7. The summed E-state index contributed by atoms with van der Waals surface area (Å²) in [6, 6.07) is 55.2. The number of aromatic nitrogens is 6. The van der Waals surface area contributed by atoms with Gasteiger partial charge in [0.25, 0.3) is 6.71 Å². The van der Waals surface area contributed by atoms with Crippen molar-refractivity contribution < 1.29 is 0 Å². The Morgan fingerprint density at radius 1 is 0.416 bits per heavy atom. The van der Waals surface area contributed by atoms with Crippen LogP contribution in [0.1, 0.15) is 86.6 Å². The molecule has 374 valence electrons. The maximum absolute atomic E-state index is 5.55. The van der Waals surface area contributed by atoms with E-state index in [-0.39, 0.29) is 17.5 Å². The molecule has 2 aliphatic rings. The van der Waals surface area contributed by atoms with E-state index in [0.29, 0.717) is 17.5 Å². The van der Waals surface area contributed by atoms with Crippen molar-refractivity contribution in [3.05, 3.63) is 191 Å². The molecule has 0 unspecified atom stereocenters. The number of rotatable bonds is 4. The van der Waals surface area contributed by atoms with Crippen molar-refractivity contribution in [1.82, 2.24) is 29.5 Å². The maximum atomic E-state index is 5.55. The zero-order chi connectivity index (χ0) is 53.1. The average molecular weight is 998 g/mol. The summed E-state index contributed by atoms with van der Waals surface area (Å²) in [5, 5.41) is 10.1. The summed E-state index contributed by atoms with van der Waals surface area (Å²) >= 11 is 0. The fourth-order valence-electron chi connectivity index (χ4n) is 13.4. The Morgan fingerprint density at radius 2 is 0.948 bits per heavy atom. The molecule has 8 aromatic carbocycles. The Kier molecular flexibility index (Phi) is 10.1. The van der Waals surface area contributed by atoms with Gasteiger partial charge in [-0.1, -0.05) is 139 Å². The molecule has 0 bridgehead atoms. The third-order valence-electron chi connectivity index (χ3n) is 16.7. The molecule has 0 N–H and O–H groups in total. The molecule has 7 nitrogen and oxygen atoms in total. The van der Waals surface area contributed by atoms with Crippen LogP contribution in [-0.2, 0) is 10.8 Å². The van der Waals surface area contributed by atoms with Crippen LogP contribution in [0.4, 0.5) is 17.1 Å². The molecule has 12 aromatic rings. The molecule has 0 spiro atoms. The lowest BCUT2D eigenvalue weighted by molar-refractivity contribution is 0.590. The van der Waals surface area contributed by atoms with Crippen molar-refractivity contribution in [3.8, 4) is 39.9 Å². The van der Waals surface area contributed by atoms with E-state index >= 15 is 0 Å². The fourth-order valence-corrected chi connectivity index (χ4v) is 13.4. The van der Waals surface area contributed by atoms with Gasteiger partial charge in [-0.05, 0) is 166 Å². The first-order chi connectivity index (χ1) is 36.9. The highest BCUT2D eigenvalue weighted by Gasteiger charge is 2.43. The Hall–Kier alpha value is -8.49. The number of hydrogen-bond donors (Lipinski definition) is 0. The maximum Gasteiger partial charge on any atom is 0.252 e. The van der Waals surface area contributed by atoms with Crippen molar-refractivity contribution >= 4 is 94.3 Å². The van der Waals surface area contributed by atoms with Crippen LogP contribution in [0.2, 0.25) is 0 Å². The van der Waals surface area contributed by atoms with Gasteiger partial charge in [-0.15, -0.1) is 0 Å². The first-order valence-electron chi connectivity index (χ1n) is 27.1. The van der Waals surface area contributed by atoms with Crippen LogP contribution in [0.25, 0.3) is 94.0 Å². The first-order valence-corrected chi connectivity index (χ1v) is 27.1. The molecule has 6 heterocycles. The number of anilines is 3. The van der Waals surface area contributed by atoms with Gasteiger partial charge in [0.2, 0.25) is 0 Å². The minimum atomic E-state index is -0.0851. The molecule has 0 radical (unpaired) electrons. The minimum absolute atomic E-state index is 0.0159. The van der Waals surface area contributed by atoms with Gasteiger partial charge < -0.3 is 9.47 Å². The third kappa shape index (κ3) is 7.00. The Bertz CT molecular complexity index is 4390. The van der Waals surface area contributed by atoms with Gasteiger partial charge in [0.05, 0.1) is 5.52 Å². The summed E-state index contributed by atoms with van der Waals surface area (Å²) in [5.74, 6) is 1.77. The zero-order valence-electron chi connectivity index (χ0n) is 46.1. The normalized spacial score (nSPS) is 13.1. The van der Waals surface area contributed by atoms with Crippen molar-refractivity contribution in [2.24, 2.45) is 0 Å². The minimum Gasteiger partial charge on any atom is -0.311 e. The average Bonchev–Trinajstić information content (AvgIpc) is 3.93. The van der Waals surface area contributed by atoms with E-state index in [1.54, 1.807) is 0 Å². The molecule has 4 aromatic heterocycles. The predicted molar refractivity (Wildman–Crippen MR) is 324 cm³/mol. The monoisotopic (exact) mass is 998 g/mol. The molecule has 0 fully saturated rings. The van der Waals surface area contributed by atoms with Crippen molar-refractivity contribution in [2.45, 2.75) is 93.9 Å². The number of nitrogens with zero attached hydrogens (tertiary/aromatic N) is 7. The SMILES string of the molecule is Cc1cc(C)c(-c2nc(-c3cc4c5c(c3)-n3c6ccc7c8ccccc8c8ccccc8c7c6c6cccc(c63)B5c3cc(C(C)(C)C)ccc3N4c3ccc(C(C)(C)C)cc3)nc(-c3c(C)cc(C)nc3C)n2)c(C)n1. The molecule has 2 aliphatic heterocycles. The topological polar surface area (TPSA) is 72.6 Å². The summed E-state index contributed by atoms with van der Waals surface area (Å²) in [4.78, 5) is 28.9. The molecular weight excluding hydrogens is 938 g/mol. The molecular formula is C69H60BN7. The van der Waals surface area contributed by atoms with Crippen LogP contribution in [-0.4, -0.2) is 36.2 Å². The second kappa shape index (κ2) is 16.5. The van der Waals surface area contributed by atoms with Crippen molar-refractivity contribution in [3.63, 3.8) is 0 Å². The summed E-state index contributed by atoms with van der Waals surface area (Å²) in [7, 11) is 0. The summed E-state index contributed by atoms with van der Waals surface area (Å²) in [6.07, 6.45) is 0. The number of pyridine rings is 2. The quantitative estimate of drug-likeness (QED) is 0.129. The molecule has 0 atom stereocenters. The van der Waals surface area contributed by atoms with Crippen LogP contribution < -0.4 is 21.3 Å². The van der Waals surface area contributed by atoms with Gasteiger partial charge in [-0.25, -0.2) is 15.0 Å². The number of para-hydroxylation sites is 1. The lowest BCUT2D eigenvalue weighted by Crippen LogP contribution is -2.60. The second-order valence-electron chi connectivity index (χ2n) is 24.0. The Labute approximate surface area is 450 Å². The lowest BCUT2D eigenvalue weighted by atomic mass is 9.33. The van der Waals surface area contributed by atoms with E-state index in [4.69, 9.17) is 24.9 Å². The van der Waals surface area contributed by atoms with E-state index in [9.17, 15) is 0 Å². The molecule has 0 amide bonds. The van der Waals surface area contributed by atoms with Gasteiger partial charge in [0.15, 0.2) is 17.5 Å². The number of aryl methyl sites for hydroxylation is 6. The van der Waals surface area contributed by atoms with E-state index in [0.717, 1.165) is 73.3 Å². The van der Waals surface area contributed by atoms with Crippen LogP contribution in [0.3, 0.4) is 0 Å². The highest BCUT2D eigenvalue weighted by atomic mass is 15.2. The molecule has 0 saturated heterocycles. The summed E-state index contributed by atoms with van der Waals surface area (Å²) < 4.78 is 2.58. The van der Waals surface area contributed by atoms with E-state index < -0.39 is 0 Å². The van der Waals surface area contributed by atoms with E-state index in [1.807, 2.05) is 13.8 Å². The van der Waals surface area contributed by atoms with Crippen molar-refractivity contribution in [1.29, 1.82) is 0 Å². The Morgan fingerprint density at radius 3 is 1.55 bits per heavy atom. The van der Waals surface area contributed by atoms with Gasteiger partial charge in [0, 0.05) is 83.9 Å². The first kappa shape index (κ1) is 47.0. The highest BCUT2D eigenvalue weighted by Crippen LogP contribution is 2.48. The molecule has 8 heteroatoms. The van der Waals surface area contributed by atoms with Gasteiger partial charge in [0.1, 0.15) is 0 Å². The second-order valence-corrected chi connectivity index (χ2v) is 24.0. The zero-order valence-corrected chi connectivity index (χ0v) is 46.1. The summed E-state index contributed by atoms with van der Waals surface area (Å²) in [5.41, 5.74) is 21.8. The smallest absolute Gasteiger partial charge is 0.252 e. The summed E-state index contributed by atoms with van der Waals surface area (Å²) in [6.45, 7) is 26.2. The number of benzene rings is 8. The molecule has 77 heavy (non-hydrogen) atoms. The molecule has 0 aliphatic carbocycles. The lowest BCUT2D eigenvalue weighted by Gasteiger charge is -2.41. The molecule has 14 rings (SSSR count). The van der Waals surface area contributed by atoms with Crippen molar-refractivity contribution in [2.75, 3.05) is 4.90 Å². The number of hydrogen-bond acceptors (Lipinski definition) is 6. The van der Waals surface area contributed by atoms with Crippen LogP contribution in [0.15, 0.2) is 146 Å². The van der Waals surface area contributed by atoms with Gasteiger partial charge in [-0.3, -0.25) is 9.97 Å². The Balaban J connectivity index is 1.16. The van der Waals surface area contributed by atoms with Gasteiger partial charge >= 0.3 is 0 Å². The standard InChI is InChI=1S/C69H60BN7/c1-37-32-39(3)71-41(5)59(37)66-73-65(74-67(75-66)60-38(2)33-40(4)72-42(60)6)43-34-57-63-58(35-43)77-56-31-29-51-49-20-14-13-18-47(49)48-19-15-16-21-50(48)61(51)62(56)52-22-17-23-53(64(52)77)70(63)54-36-45(69(10,11)12)26-30-55(54)76(57)46-27-24-44(25-28-46)68(7,8)9/h13-36H,1-12H3. The predicted octanol–water partition coefficient (Wildman–Crippen LogP) is 15.3. The van der Waals surface area contributed by atoms with Crippen LogP contribution in [0.5, 0.6) is 0 Å². The van der Waals surface area contributed by atoms with E-state index in [2.05, 4.69) is 224 Å². The highest BCUT2D eigenvalue weighted by molar-refractivity contribution is 7.00. The molecule has 0 saturated carbocycles. The van der Waals surface area contributed by atoms with Crippen LogP contribution in [0, 0.1) is 41.5 Å². The largest absolute Gasteiger partial charge is 0.311 e. The number of fused-ring (bicyclic) bond motifs is 14. The van der Waals surface area contributed by atoms with E-state index in [1.165, 1.54) is 81.6 Å². The van der Waals surface area contributed by atoms with Gasteiger partial charge in [-0.2, -0.15) is 0 Å². The fraction of sp³-hybridized carbons (Fsp3) is 0.203. The van der Waals surface area contributed by atoms with Crippen LogP contribution >= 0.6 is 0 Å².